The Balaban J connectivity index is 2.05. The highest BCUT2D eigenvalue weighted by molar-refractivity contribution is 7.90. The Bertz CT molecular complexity index is 1240. The molecule has 0 fully saturated rings. The Hall–Kier alpha value is -2.95. The second-order valence-corrected chi connectivity index (χ2v) is 8.80. The van der Waals surface area contributed by atoms with Crippen molar-refractivity contribution in [2.75, 3.05) is 6.26 Å². The van der Waals surface area contributed by atoms with Gasteiger partial charge in [-0.15, -0.1) is 6.42 Å². The molecule has 0 aliphatic carbocycles. The first-order chi connectivity index (χ1) is 12.9. The van der Waals surface area contributed by atoms with Crippen molar-refractivity contribution in [2.24, 2.45) is 4.99 Å². The zero-order valence-corrected chi connectivity index (χ0v) is 16.1. The number of nitrogens with zero attached hydrogens (tertiary/aromatic N) is 2. The second kappa shape index (κ2) is 7.74. The maximum atomic E-state index is 12.2. The summed E-state index contributed by atoms with van der Waals surface area (Å²) >= 11 is 1.23. The minimum absolute atomic E-state index is 0.214. The quantitative estimate of drug-likeness (QED) is 0.503. The van der Waals surface area contributed by atoms with E-state index in [1.165, 1.54) is 23.5 Å². The molecule has 7 heteroatoms. The van der Waals surface area contributed by atoms with Crippen LogP contribution in [0, 0.1) is 12.3 Å². The van der Waals surface area contributed by atoms with Crippen LogP contribution in [-0.2, 0) is 21.2 Å². The van der Waals surface area contributed by atoms with Gasteiger partial charge < -0.3 is 4.57 Å². The lowest BCUT2D eigenvalue weighted by Gasteiger charge is -2.01. The molecule has 0 bridgehead atoms. The van der Waals surface area contributed by atoms with Gasteiger partial charge >= 0.3 is 0 Å². The first-order valence-electron chi connectivity index (χ1n) is 7.97. The molecule has 1 amide bonds. The molecule has 136 valence electrons. The summed E-state index contributed by atoms with van der Waals surface area (Å²) in [6, 6.07) is 14.2. The maximum absolute atomic E-state index is 12.2. The molecule has 0 saturated carbocycles. The molecule has 0 aliphatic rings. The van der Waals surface area contributed by atoms with Gasteiger partial charge in [0.25, 0.3) is 5.91 Å². The summed E-state index contributed by atoms with van der Waals surface area (Å²) in [4.78, 5) is 17.0. The first-order valence-corrected chi connectivity index (χ1v) is 10.7. The molecular formula is C20H16N2O3S2. The van der Waals surface area contributed by atoms with E-state index in [1.807, 2.05) is 30.3 Å². The Morgan fingerprint density at radius 1 is 1.26 bits per heavy atom. The third-order valence-corrected chi connectivity index (χ3v) is 5.91. The number of benzene rings is 2. The SMILES string of the molecule is C#CCn1c(=NC(=O)/C=C/c2ccccc2)sc2cc(S(C)(=O)=O)ccc21. The van der Waals surface area contributed by atoms with E-state index in [4.69, 9.17) is 6.42 Å². The van der Waals surface area contributed by atoms with Gasteiger partial charge in [-0.25, -0.2) is 8.42 Å². The fraction of sp³-hybridized carbons (Fsp3) is 0.100. The third-order valence-electron chi connectivity index (χ3n) is 3.76. The first kappa shape index (κ1) is 18.8. The van der Waals surface area contributed by atoms with Gasteiger partial charge in [0.2, 0.25) is 0 Å². The van der Waals surface area contributed by atoms with Crippen LogP contribution in [0.1, 0.15) is 5.56 Å². The summed E-state index contributed by atoms with van der Waals surface area (Å²) < 4.78 is 26.0. The summed E-state index contributed by atoms with van der Waals surface area (Å²) in [6.45, 7) is 0.229. The highest BCUT2D eigenvalue weighted by Gasteiger charge is 2.12. The minimum atomic E-state index is -3.32. The summed E-state index contributed by atoms with van der Waals surface area (Å²) in [5.41, 5.74) is 1.63. The molecule has 0 spiro atoms. The standard InChI is InChI=1S/C20H16N2O3S2/c1-3-13-22-17-11-10-16(27(2,24)25)14-18(17)26-20(22)21-19(23)12-9-15-7-5-4-6-8-15/h1,4-12,14H,13H2,2H3/b12-9+,21-20?. The van der Waals surface area contributed by atoms with Crippen molar-refractivity contribution in [1.82, 2.24) is 4.57 Å². The minimum Gasteiger partial charge on any atom is -0.305 e. The Labute approximate surface area is 161 Å². The Morgan fingerprint density at radius 3 is 2.67 bits per heavy atom. The summed E-state index contributed by atoms with van der Waals surface area (Å²) in [5, 5.41) is 0. The van der Waals surface area contributed by atoms with Crippen LogP contribution in [0.5, 0.6) is 0 Å². The number of hydrogen-bond acceptors (Lipinski definition) is 4. The van der Waals surface area contributed by atoms with E-state index in [2.05, 4.69) is 10.9 Å². The summed E-state index contributed by atoms with van der Waals surface area (Å²) in [6.07, 6.45) is 9.67. The fourth-order valence-corrected chi connectivity index (χ4v) is 4.27. The van der Waals surface area contributed by atoms with Crippen molar-refractivity contribution in [3.8, 4) is 12.3 Å². The van der Waals surface area contributed by atoms with Gasteiger partial charge in [-0.1, -0.05) is 47.6 Å². The van der Waals surface area contributed by atoms with Crippen LogP contribution in [-0.4, -0.2) is 25.1 Å². The average Bonchev–Trinajstić information content (AvgIpc) is 2.97. The van der Waals surface area contributed by atoms with Crippen molar-refractivity contribution in [1.29, 1.82) is 0 Å². The smallest absolute Gasteiger partial charge is 0.272 e. The molecule has 1 aromatic heterocycles. The molecule has 0 N–H and O–H groups in total. The molecule has 0 atom stereocenters. The topological polar surface area (TPSA) is 68.5 Å². The van der Waals surface area contributed by atoms with E-state index in [9.17, 15) is 13.2 Å². The van der Waals surface area contributed by atoms with E-state index in [0.717, 1.165) is 17.3 Å². The number of fused-ring (bicyclic) bond motifs is 1. The second-order valence-electron chi connectivity index (χ2n) is 5.77. The number of hydrogen-bond donors (Lipinski definition) is 0. The number of thiazole rings is 1. The van der Waals surface area contributed by atoms with Crippen molar-refractivity contribution >= 4 is 43.4 Å². The van der Waals surface area contributed by atoms with Crippen molar-refractivity contribution in [2.45, 2.75) is 11.4 Å². The van der Waals surface area contributed by atoms with Crippen LogP contribution in [0.2, 0.25) is 0 Å². The largest absolute Gasteiger partial charge is 0.305 e. The van der Waals surface area contributed by atoms with Gasteiger partial charge in [0.05, 0.1) is 21.7 Å². The molecule has 27 heavy (non-hydrogen) atoms. The predicted molar refractivity (Wildman–Crippen MR) is 108 cm³/mol. The van der Waals surface area contributed by atoms with Crippen LogP contribution in [0.3, 0.4) is 0 Å². The Kier molecular flexibility index (Phi) is 5.40. The van der Waals surface area contributed by atoms with Crippen LogP contribution in [0.4, 0.5) is 0 Å². The van der Waals surface area contributed by atoms with Crippen LogP contribution >= 0.6 is 11.3 Å². The molecule has 0 radical (unpaired) electrons. The highest BCUT2D eigenvalue weighted by Crippen LogP contribution is 2.21. The summed E-state index contributed by atoms with van der Waals surface area (Å²) in [7, 11) is -3.32. The molecule has 2 aromatic carbocycles. The molecular weight excluding hydrogens is 380 g/mol. The Morgan fingerprint density at radius 2 is 2.00 bits per heavy atom. The van der Waals surface area contributed by atoms with Crippen LogP contribution in [0.25, 0.3) is 16.3 Å². The summed E-state index contributed by atoms with van der Waals surface area (Å²) in [5.74, 6) is 2.12. The lowest BCUT2D eigenvalue weighted by molar-refractivity contribution is -0.113. The monoisotopic (exact) mass is 396 g/mol. The number of amides is 1. The van der Waals surface area contributed by atoms with Crippen LogP contribution < -0.4 is 4.80 Å². The highest BCUT2D eigenvalue weighted by atomic mass is 32.2. The molecule has 1 heterocycles. The zero-order chi connectivity index (χ0) is 19.4. The normalized spacial score (nSPS) is 12.5. The van der Waals surface area contributed by atoms with Gasteiger partial charge in [0.15, 0.2) is 14.6 Å². The van der Waals surface area contributed by atoms with E-state index < -0.39 is 15.7 Å². The number of aromatic nitrogens is 1. The third kappa shape index (κ3) is 4.42. The van der Waals surface area contributed by atoms with Gasteiger partial charge in [0, 0.05) is 12.3 Å². The van der Waals surface area contributed by atoms with Crippen LogP contribution in [0.15, 0.2) is 64.5 Å². The van der Waals surface area contributed by atoms with Gasteiger partial charge in [0.1, 0.15) is 0 Å². The predicted octanol–water partition coefficient (Wildman–Crippen LogP) is 2.88. The molecule has 0 saturated heterocycles. The number of sulfone groups is 1. The van der Waals surface area contributed by atoms with Crippen molar-refractivity contribution in [3.05, 3.63) is 65.0 Å². The molecule has 3 aromatic rings. The van der Waals surface area contributed by atoms with Crippen molar-refractivity contribution in [3.63, 3.8) is 0 Å². The fourth-order valence-electron chi connectivity index (χ4n) is 2.48. The molecule has 0 aliphatic heterocycles. The van der Waals surface area contributed by atoms with E-state index in [-0.39, 0.29) is 11.4 Å². The molecule has 5 nitrogen and oxygen atoms in total. The average molecular weight is 396 g/mol. The molecule has 3 rings (SSSR count). The van der Waals surface area contributed by atoms with E-state index >= 15 is 0 Å². The van der Waals surface area contributed by atoms with Gasteiger partial charge in [-0.05, 0) is 29.8 Å². The molecule has 0 unspecified atom stereocenters. The van der Waals surface area contributed by atoms with E-state index in [1.54, 1.807) is 22.8 Å². The van der Waals surface area contributed by atoms with Crippen molar-refractivity contribution < 1.29 is 13.2 Å². The number of terminal acetylenes is 1. The number of carbonyl (C=O) groups is 1. The van der Waals surface area contributed by atoms with E-state index in [0.29, 0.717) is 9.50 Å². The zero-order valence-electron chi connectivity index (χ0n) is 14.5. The lowest BCUT2D eigenvalue weighted by Crippen LogP contribution is -2.15. The number of rotatable bonds is 4. The lowest BCUT2D eigenvalue weighted by atomic mass is 10.2. The number of carbonyl (C=O) groups excluding carboxylic acids is 1. The van der Waals surface area contributed by atoms with Gasteiger partial charge in [-0.3, -0.25) is 4.79 Å². The van der Waals surface area contributed by atoms with Gasteiger partial charge in [-0.2, -0.15) is 4.99 Å². The maximum Gasteiger partial charge on any atom is 0.272 e.